The lowest BCUT2D eigenvalue weighted by atomic mass is 10.0. The number of fused-ring (bicyclic) bond motifs is 1. The number of hydrogen-bond donors (Lipinski definition) is 1. The van der Waals surface area contributed by atoms with Gasteiger partial charge in [-0.1, -0.05) is 11.6 Å². The van der Waals surface area contributed by atoms with E-state index >= 15 is 0 Å². The lowest BCUT2D eigenvalue weighted by molar-refractivity contribution is -0.0327. The van der Waals surface area contributed by atoms with Crippen LogP contribution in [0.2, 0.25) is 5.02 Å². The van der Waals surface area contributed by atoms with Crippen molar-refractivity contribution in [1.82, 2.24) is 4.98 Å². The maximum absolute atomic E-state index is 13.6. The molecule has 2 heterocycles. The topological polar surface area (TPSA) is 42.4 Å². The Morgan fingerprint density at radius 2 is 2.04 bits per heavy atom. The molecule has 0 saturated heterocycles. The van der Waals surface area contributed by atoms with E-state index in [9.17, 15) is 22.7 Å². The smallest absolute Gasteiger partial charge is 0.327 e. The van der Waals surface area contributed by atoms with Gasteiger partial charge in [0.25, 0.3) is 6.43 Å². The van der Waals surface area contributed by atoms with Gasteiger partial charge in [-0.25, -0.2) is 8.78 Å². The Kier molecular flexibility index (Phi) is 4.16. The van der Waals surface area contributed by atoms with Gasteiger partial charge in [0.15, 0.2) is 6.10 Å². The van der Waals surface area contributed by atoms with E-state index in [1.54, 1.807) is 0 Å². The first-order chi connectivity index (χ1) is 10.8. The van der Waals surface area contributed by atoms with E-state index in [1.165, 1.54) is 24.5 Å². The SMILES string of the molecule is OC1c2c(ccc(Oc3cncc(Cl)c3)c2C(F)F)SC1(F)F. The average molecular weight is 366 g/mol. The first kappa shape index (κ1) is 16.4. The standard InChI is InChI=1S/C14H8ClF4NO2S/c15-6-3-7(5-20-4-6)22-8-1-2-9-11(10(8)13(16)17)12(21)14(18,19)23-9/h1-5,12-13,21H. The molecule has 3 nitrogen and oxygen atoms in total. The summed E-state index contributed by atoms with van der Waals surface area (Å²) in [5.41, 5.74) is -1.28. The molecular weight excluding hydrogens is 358 g/mol. The molecular formula is C14H8ClF4NO2S. The summed E-state index contributed by atoms with van der Waals surface area (Å²) in [6, 6.07) is 3.71. The van der Waals surface area contributed by atoms with E-state index in [0.717, 1.165) is 6.07 Å². The van der Waals surface area contributed by atoms with Crippen LogP contribution in [-0.4, -0.2) is 15.3 Å². The van der Waals surface area contributed by atoms with Crippen molar-refractivity contribution in [2.24, 2.45) is 0 Å². The lowest BCUT2D eigenvalue weighted by Crippen LogP contribution is -2.17. The van der Waals surface area contributed by atoms with Crippen LogP contribution < -0.4 is 4.74 Å². The van der Waals surface area contributed by atoms with Crippen molar-refractivity contribution in [1.29, 1.82) is 0 Å². The quantitative estimate of drug-likeness (QED) is 0.759. The summed E-state index contributed by atoms with van der Waals surface area (Å²) in [6.07, 6.45) is -2.86. The zero-order valence-electron chi connectivity index (χ0n) is 11.1. The van der Waals surface area contributed by atoms with E-state index < -0.39 is 28.9 Å². The number of pyridine rings is 1. The fourth-order valence-corrected chi connectivity index (χ4v) is 3.38. The van der Waals surface area contributed by atoms with Crippen LogP contribution in [0.3, 0.4) is 0 Å². The summed E-state index contributed by atoms with van der Waals surface area (Å²) < 4.78 is 59.3. The molecule has 122 valence electrons. The maximum Gasteiger partial charge on any atom is 0.327 e. The maximum atomic E-state index is 13.6. The highest BCUT2D eigenvalue weighted by Gasteiger charge is 2.50. The van der Waals surface area contributed by atoms with Crippen molar-refractivity contribution >= 4 is 23.4 Å². The second-order valence-corrected chi connectivity index (χ2v) is 6.32. The Hall–Kier alpha value is -1.51. The molecule has 0 saturated carbocycles. The number of benzene rings is 1. The molecule has 9 heteroatoms. The summed E-state index contributed by atoms with van der Waals surface area (Å²) in [4.78, 5) is 3.65. The van der Waals surface area contributed by atoms with Crippen LogP contribution in [0.1, 0.15) is 23.7 Å². The third kappa shape index (κ3) is 2.98. The predicted molar refractivity (Wildman–Crippen MR) is 76.5 cm³/mol. The molecule has 0 bridgehead atoms. The van der Waals surface area contributed by atoms with Crippen molar-refractivity contribution in [3.8, 4) is 11.5 Å². The molecule has 1 aromatic heterocycles. The highest BCUT2D eigenvalue weighted by atomic mass is 35.5. The number of aromatic nitrogens is 1. The molecule has 0 fully saturated rings. The van der Waals surface area contributed by atoms with Crippen molar-refractivity contribution in [3.63, 3.8) is 0 Å². The largest absolute Gasteiger partial charge is 0.455 e. The van der Waals surface area contributed by atoms with Crippen molar-refractivity contribution in [2.75, 3.05) is 0 Å². The van der Waals surface area contributed by atoms with Gasteiger partial charge in [-0.05, 0) is 23.9 Å². The first-order valence-corrected chi connectivity index (χ1v) is 7.47. The Balaban J connectivity index is 2.08. The second kappa shape index (κ2) is 5.85. The molecule has 23 heavy (non-hydrogen) atoms. The fourth-order valence-electron chi connectivity index (χ4n) is 2.23. The predicted octanol–water partition coefficient (Wildman–Crippen LogP) is 5.20. The first-order valence-electron chi connectivity index (χ1n) is 6.28. The van der Waals surface area contributed by atoms with Gasteiger partial charge in [0.05, 0.1) is 16.8 Å². The van der Waals surface area contributed by atoms with Crippen molar-refractivity contribution in [2.45, 2.75) is 22.7 Å². The normalized spacial score (nSPS) is 19.0. The zero-order chi connectivity index (χ0) is 16.8. The third-order valence-corrected chi connectivity index (χ3v) is 4.45. The number of rotatable bonds is 3. The number of alkyl halides is 4. The monoisotopic (exact) mass is 365 g/mol. The van der Waals surface area contributed by atoms with Crippen LogP contribution in [0.25, 0.3) is 0 Å². The Morgan fingerprint density at radius 1 is 1.30 bits per heavy atom. The van der Waals surface area contributed by atoms with Crippen molar-refractivity contribution < 1.29 is 27.4 Å². The van der Waals surface area contributed by atoms with Gasteiger partial charge in [0.2, 0.25) is 0 Å². The molecule has 1 unspecified atom stereocenters. The number of halogens is 5. The minimum atomic E-state index is -3.57. The molecule has 1 atom stereocenters. The van der Waals surface area contributed by atoms with Crippen LogP contribution in [0.5, 0.6) is 11.5 Å². The fraction of sp³-hybridized carbons (Fsp3) is 0.214. The van der Waals surface area contributed by atoms with E-state index in [-0.39, 0.29) is 33.2 Å². The number of hydrogen-bond acceptors (Lipinski definition) is 4. The molecule has 3 rings (SSSR count). The zero-order valence-corrected chi connectivity index (χ0v) is 12.7. The number of aliphatic hydroxyl groups excluding tert-OH is 1. The van der Waals surface area contributed by atoms with Gasteiger partial charge < -0.3 is 9.84 Å². The highest BCUT2D eigenvalue weighted by molar-refractivity contribution is 8.00. The molecule has 0 aliphatic carbocycles. The Morgan fingerprint density at radius 3 is 2.70 bits per heavy atom. The summed E-state index contributed by atoms with van der Waals surface area (Å²) in [7, 11) is 0. The minimum absolute atomic E-state index is 0.0448. The molecule has 1 aliphatic heterocycles. The van der Waals surface area contributed by atoms with Gasteiger partial charge in [-0.15, -0.1) is 0 Å². The van der Waals surface area contributed by atoms with Gasteiger partial charge in [-0.2, -0.15) is 8.78 Å². The average Bonchev–Trinajstić information content (AvgIpc) is 2.69. The van der Waals surface area contributed by atoms with Crippen LogP contribution in [-0.2, 0) is 0 Å². The summed E-state index contributed by atoms with van der Waals surface area (Å²) >= 11 is 5.78. The van der Waals surface area contributed by atoms with Crippen LogP contribution in [0.15, 0.2) is 35.5 Å². The van der Waals surface area contributed by atoms with Crippen LogP contribution >= 0.6 is 23.4 Å². The third-order valence-electron chi connectivity index (χ3n) is 3.17. The van der Waals surface area contributed by atoms with E-state index in [2.05, 4.69) is 4.98 Å². The molecule has 1 aliphatic rings. The van der Waals surface area contributed by atoms with Crippen molar-refractivity contribution in [3.05, 3.63) is 46.7 Å². The van der Waals surface area contributed by atoms with Crippen LogP contribution in [0, 0.1) is 0 Å². The molecule has 0 spiro atoms. The van der Waals surface area contributed by atoms with E-state index in [0.29, 0.717) is 0 Å². The summed E-state index contributed by atoms with van der Waals surface area (Å²) in [6.45, 7) is 0. The highest BCUT2D eigenvalue weighted by Crippen LogP contribution is 2.57. The second-order valence-electron chi connectivity index (χ2n) is 4.70. The molecule has 0 radical (unpaired) electrons. The number of ether oxygens (including phenoxy) is 1. The lowest BCUT2D eigenvalue weighted by Gasteiger charge is -2.17. The Bertz CT molecular complexity index is 760. The number of aliphatic hydroxyl groups is 1. The number of nitrogens with zero attached hydrogens (tertiary/aromatic N) is 1. The number of thioether (sulfide) groups is 1. The summed E-state index contributed by atoms with van der Waals surface area (Å²) in [5.74, 6) is -0.258. The van der Waals surface area contributed by atoms with E-state index in [4.69, 9.17) is 16.3 Å². The molecule has 1 aromatic carbocycles. The minimum Gasteiger partial charge on any atom is -0.455 e. The molecule has 1 N–H and O–H groups in total. The summed E-state index contributed by atoms with van der Waals surface area (Å²) in [5, 5.41) is 6.34. The van der Waals surface area contributed by atoms with E-state index in [1.807, 2.05) is 0 Å². The Labute approximate surface area is 137 Å². The van der Waals surface area contributed by atoms with Gasteiger partial charge in [0.1, 0.15) is 11.5 Å². The van der Waals surface area contributed by atoms with Gasteiger partial charge in [0, 0.05) is 22.7 Å². The van der Waals surface area contributed by atoms with Gasteiger partial charge >= 0.3 is 5.25 Å². The molecule has 2 aromatic rings. The van der Waals surface area contributed by atoms with Crippen LogP contribution in [0.4, 0.5) is 17.6 Å². The van der Waals surface area contributed by atoms with Gasteiger partial charge in [-0.3, -0.25) is 4.98 Å². The molecule has 0 amide bonds.